The summed E-state index contributed by atoms with van der Waals surface area (Å²) < 4.78 is 0. The molecule has 6 aromatic carbocycles. The molecule has 0 atom stereocenters. The van der Waals surface area contributed by atoms with E-state index in [0.717, 1.165) is 127 Å². The van der Waals surface area contributed by atoms with Crippen LogP contribution in [-0.4, -0.2) is 29.9 Å². The number of rotatable bonds is 11. The molecule has 12 aromatic rings. The molecule has 0 fully saturated rings. The van der Waals surface area contributed by atoms with E-state index in [0.29, 0.717) is 0 Å². The van der Waals surface area contributed by atoms with Gasteiger partial charge < -0.3 is 0 Å². The van der Waals surface area contributed by atoms with Crippen LogP contribution in [0.4, 0.5) is 0 Å². The van der Waals surface area contributed by atoms with Gasteiger partial charge in [-0.15, -0.1) is 68.0 Å². The topological polar surface area (TPSA) is 77.3 Å². The summed E-state index contributed by atoms with van der Waals surface area (Å²) in [6.45, 7) is 4.26. The van der Waals surface area contributed by atoms with Gasteiger partial charge in [-0.1, -0.05) is 182 Å². The number of hydrogen-bond donors (Lipinski definition) is 0. The summed E-state index contributed by atoms with van der Waals surface area (Å²) in [4.78, 5) is 38.9. The first-order valence-electron chi connectivity index (χ1n) is 21.8. The van der Waals surface area contributed by atoms with Crippen molar-refractivity contribution in [1.29, 1.82) is 0 Å². The van der Waals surface area contributed by atoms with Crippen LogP contribution in [0.2, 0.25) is 0 Å². The second-order valence-corrected chi connectivity index (χ2v) is 22.0. The summed E-state index contributed by atoms with van der Waals surface area (Å²) in [6, 6.07) is 62.6. The summed E-state index contributed by atoms with van der Waals surface area (Å²) in [5.74, 6) is 0. The van der Waals surface area contributed by atoms with Crippen molar-refractivity contribution in [2.45, 2.75) is 13.8 Å². The molecule has 6 heterocycles. The van der Waals surface area contributed by atoms with E-state index >= 15 is 0 Å². The third kappa shape index (κ3) is 8.08. The molecule has 0 aliphatic rings. The Morgan fingerprint density at radius 2 is 0.456 bits per heavy atom. The molecule has 0 N–H and O–H groups in total. The first-order valence-corrected chi connectivity index (χ1v) is 26.7. The van der Waals surface area contributed by atoms with Crippen LogP contribution in [0.25, 0.3) is 116 Å². The third-order valence-corrected chi connectivity index (χ3v) is 18.0. The van der Waals surface area contributed by atoms with E-state index in [-0.39, 0.29) is 0 Å². The molecule has 0 spiro atoms. The van der Waals surface area contributed by atoms with E-state index in [1.165, 1.54) is 0 Å². The van der Waals surface area contributed by atoms with Crippen molar-refractivity contribution in [2.75, 3.05) is 0 Å². The van der Waals surface area contributed by atoms with Gasteiger partial charge in [0.1, 0.15) is 52.8 Å². The van der Waals surface area contributed by atoms with E-state index in [2.05, 4.69) is 159 Å². The smallest absolute Gasteiger partial charge is 0.124 e. The van der Waals surface area contributed by atoms with Crippen molar-refractivity contribution in [3.63, 3.8) is 0 Å². The number of aromatic nitrogens is 6. The molecular formula is C56H36N6S6. The van der Waals surface area contributed by atoms with Crippen molar-refractivity contribution < 1.29 is 0 Å². The Hall–Kier alpha value is -6.90. The lowest BCUT2D eigenvalue weighted by atomic mass is 10.1. The van der Waals surface area contributed by atoms with Gasteiger partial charge in [-0.2, -0.15) is 0 Å². The Labute approximate surface area is 417 Å². The van der Waals surface area contributed by atoms with Crippen LogP contribution >= 0.6 is 68.0 Å². The normalized spacial score (nSPS) is 11.4. The SMILES string of the molecule is Cc1nc(-c2ccccc2)sc1-c1nc(-c2ccccc2)sc1-c1nc(-c2ccccc2)sc1-c1nc(-c2ccccc2)sc1-c1nc(-c2ccccc2)sc1-c1nc(-c2ccccc2)sc1C. The standard InChI is InChI=1S/C56H36N6S6/c1-33-46(64-51(57-33)35-21-9-3-10-22-35)42-48(66-53(59-42)37-25-13-5-14-26-37)44-50(68-55(61-44)39-29-17-7-18-30-39)45-49(67-56(62-45)40-31-19-8-20-32-40)43-47(65-54(60-43)38-27-15-6-16-28-38)41-34(2)63-52(58-41)36-23-11-4-12-24-36/h3-32H,1-2H3. The summed E-state index contributed by atoms with van der Waals surface area (Å²) in [7, 11) is 0. The average Bonchev–Trinajstić information content (AvgIpc) is 4.28. The minimum atomic E-state index is 0.831. The van der Waals surface area contributed by atoms with Gasteiger partial charge >= 0.3 is 0 Å². The van der Waals surface area contributed by atoms with Crippen LogP contribution in [0.15, 0.2) is 182 Å². The lowest BCUT2D eigenvalue weighted by molar-refractivity contribution is 1.26. The van der Waals surface area contributed by atoms with Crippen molar-refractivity contribution >= 4 is 68.0 Å². The highest BCUT2D eigenvalue weighted by Gasteiger charge is 2.32. The van der Waals surface area contributed by atoms with Crippen LogP contribution in [-0.2, 0) is 0 Å². The van der Waals surface area contributed by atoms with Gasteiger partial charge in [-0.05, 0) is 13.8 Å². The van der Waals surface area contributed by atoms with Crippen LogP contribution in [0.5, 0.6) is 0 Å². The first kappa shape index (κ1) is 42.5. The predicted molar refractivity (Wildman–Crippen MR) is 290 cm³/mol. The summed E-state index contributed by atoms with van der Waals surface area (Å²) >= 11 is 10.1. The van der Waals surface area contributed by atoms with E-state index < -0.39 is 0 Å². The maximum atomic E-state index is 5.65. The number of nitrogens with zero attached hydrogens (tertiary/aromatic N) is 6. The lowest BCUT2D eigenvalue weighted by Gasteiger charge is -2.04. The van der Waals surface area contributed by atoms with Crippen LogP contribution in [0, 0.1) is 13.8 Å². The molecule has 12 heteroatoms. The highest BCUT2D eigenvalue weighted by atomic mass is 32.1. The molecule has 0 saturated carbocycles. The van der Waals surface area contributed by atoms with Gasteiger partial charge in [0.15, 0.2) is 0 Å². The van der Waals surface area contributed by atoms with Crippen molar-refractivity contribution in [3.8, 4) is 116 Å². The minimum absolute atomic E-state index is 0.831. The van der Waals surface area contributed by atoms with Gasteiger partial charge in [0.25, 0.3) is 0 Å². The molecular weight excluding hydrogens is 949 g/mol. The fraction of sp³-hybridized carbons (Fsp3) is 0.0357. The van der Waals surface area contributed by atoms with Gasteiger partial charge in [-0.25, -0.2) is 29.9 Å². The van der Waals surface area contributed by atoms with E-state index in [1.54, 1.807) is 68.0 Å². The molecule has 0 unspecified atom stereocenters. The van der Waals surface area contributed by atoms with Gasteiger partial charge in [0.2, 0.25) is 0 Å². The molecule has 0 saturated heterocycles. The second-order valence-electron chi connectivity index (χ2n) is 15.8. The van der Waals surface area contributed by atoms with Crippen LogP contribution < -0.4 is 0 Å². The second kappa shape index (κ2) is 18.3. The van der Waals surface area contributed by atoms with Crippen LogP contribution in [0.3, 0.4) is 0 Å². The van der Waals surface area contributed by atoms with Crippen LogP contribution in [0.1, 0.15) is 10.6 Å². The Balaban J connectivity index is 1.13. The van der Waals surface area contributed by atoms with E-state index in [4.69, 9.17) is 29.9 Å². The number of thiazole rings is 6. The summed E-state index contributed by atoms with van der Waals surface area (Å²) in [5.41, 5.74) is 11.6. The molecule has 0 aliphatic carbocycles. The van der Waals surface area contributed by atoms with E-state index in [9.17, 15) is 0 Å². The number of aryl methyl sites for hydroxylation is 2. The van der Waals surface area contributed by atoms with Crippen molar-refractivity contribution in [2.24, 2.45) is 0 Å². The fourth-order valence-corrected chi connectivity index (χ4v) is 14.6. The quantitative estimate of drug-likeness (QED) is 0.128. The maximum Gasteiger partial charge on any atom is 0.124 e. The molecule has 0 bridgehead atoms. The predicted octanol–water partition coefficient (Wildman–Crippen LogP) is 17.4. The minimum Gasteiger partial charge on any atom is -0.241 e. The molecule has 326 valence electrons. The van der Waals surface area contributed by atoms with Crippen molar-refractivity contribution in [3.05, 3.63) is 193 Å². The number of hydrogen-bond acceptors (Lipinski definition) is 12. The first-order chi connectivity index (χ1) is 33.5. The Bertz CT molecular complexity index is 3440. The molecule has 0 aliphatic heterocycles. The molecule has 12 rings (SSSR count). The maximum absolute atomic E-state index is 5.65. The zero-order valence-corrected chi connectivity index (χ0v) is 41.4. The zero-order chi connectivity index (χ0) is 45.6. The Morgan fingerprint density at radius 3 is 0.765 bits per heavy atom. The highest BCUT2D eigenvalue weighted by molar-refractivity contribution is 7.24. The van der Waals surface area contributed by atoms with Gasteiger partial charge in [0, 0.05) is 38.3 Å². The fourth-order valence-electron chi connectivity index (χ4n) is 7.99. The Morgan fingerprint density at radius 1 is 0.235 bits per heavy atom. The van der Waals surface area contributed by atoms with E-state index in [1.807, 2.05) is 36.4 Å². The van der Waals surface area contributed by atoms with Crippen molar-refractivity contribution in [1.82, 2.24) is 29.9 Å². The average molecular weight is 985 g/mol. The van der Waals surface area contributed by atoms with Gasteiger partial charge in [0.05, 0.1) is 35.8 Å². The molecule has 68 heavy (non-hydrogen) atoms. The largest absolute Gasteiger partial charge is 0.241 e. The molecule has 6 aromatic heterocycles. The lowest BCUT2D eigenvalue weighted by Crippen LogP contribution is -1.88. The monoisotopic (exact) mass is 984 g/mol. The van der Waals surface area contributed by atoms with Gasteiger partial charge in [-0.3, -0.25) is 0 Å². The molecule has 0 radical (unpaired) electrons. The summed E-state index contributed by atoms with van der Waals surface area (Å²) in [5, 5.41) is 5.56. The summed E-state index contributed by atoms with van der Waals surface area (Å²) in [6.07, 6.45) is 0. The Kier molecular flexibility index (Phi) is 11.4. The number of benzene rings is 6. The highest BCUT2D eigenvalue weighted by Crippen LogP contribution is 2.54. The molecule has 6 nitrogen and oxygen atoms in total. The third-order valence-electron chi connectivity index (χ3n) is 11.3. The zero-order valence-electron chi connectivity index (χ0n) is 36.5. The molecule has 0 amide bonds.